The first-order chi connectivity index (χ1) is 13.2. The number of hydrogen-bond donors (Lipinski definition) is 2. The van der Waals surface area contributed by atoms with Crippen molar-refractivity contribution in [2.24, 2.45) is 0 Å². The van der Waals surface area contributed by atoms with E-state index >= 15 is 0 Å². The molecular formula is C18H27N3O5S2. The van der Waals surface area contributed by atoms with Crippen LogP contribution in [0.15, 0.2) is 29.2 Å². The fourth-order valence-electron chi connectivity index (χ4n) is 3.29. The Hall–Kier alpha value is -1.49. The van der Waals surface area contributed by atoms with Crippen molar-refractivity contribution in [3.05, 3.63) is 29.8 Å². The molecule has 1 atom stereocenters. The van der Waals surface area contributed by atoms with Gasteiger partial charge in [-0.05, 0) is 49.8 Å². The van der Waals surface area contributed by atoms with E-state index in [1.54, 1.807) is 19.1 Å². The number of carbonyl (C=O) groups is 1. The molecule has 1 saturated heterocycles. The lowest BCUT2D eigenvalue weighted by molar-refractivity contribution is -0.124. The van der Waals surface area contributed by atoms with Gasteiger partial charge in [-0.2, -0.15) is 4.31 Å². The summed E-state index contributed by atoms with van der Waals surface area (Å²) in [4.78, 5) is 12.7. The third-order valence-corrected chi connectivity index (χ3v) is 8.54. The summed E-state index contributed by atoms with van der Waals surface area (Å²) in [5, 5.41) is 2.78. The Morgan fingerprint density at radius 2 is 1.79 bits per heavy atom. The highest BCUT2D eigenvalue weighted by Crippen LogP contribution is 2.23. The first-order valence-electron chi connectivity index (χ1n) is 9.61. The second kappa shape index (κ2) is 8.48. The highest BCUT2D eigenvalue weighted by Gasteiger charge is 2.37. The molecule has 1 unspecified atom stereocenters. The normalized spacial score (nSPS) is 21.0. The third-order valence-electron chi connectivity index (χ3n) is 4.93. The first kappa shape index (κ1) is 21.2. The number of benzene rings is 1. The molecule has 1 aliphatic carbocycles. The number of nitrogens with zero attached hydrogens (tertiary/aromatic N) is 1. The monoisotopic (exact) mass is 429 g/mol. The zero-order chi connectivity index (χ0) is 20.4. The van der Waals surface area contributed by atoms with Crippen molar-refractivity contribution >= 4 is 26.0 Å². The van der Waals surface area contributed by atoms with Crippen molar-refractivity contribution in [2.45, 2.75) is 62.6 Å². The van der Waals surface area contributed by atoms with Gasteiger partial charge in [-0.25, -0.2) is 21.6 Å². The molecular weight excluding hydrogens is 402 g/mol. The van der Waals surface area contributed by atoms with E-state index in [9.17, 15) is 21.6 Å². The Morgan fingerprint density at radius 1 is 1.11 bits per heavy atom. The molecule has 1 saturated carbocycles. The first-order valence-corrected chi connectivity index (χ1v) is 12.7. The number of rotatable bonds is 9. The minimum atomic E-state index is -3.50. The largest absolute Gasteiger partial charge is 0.351 e. The predicted octanol–water partition coefficient (Wildman–Crippen LogP) is 0.948. The molecule has 2 N–H and O–H groups in total. The zero-order valence-electron chi connectivity index (χ0n) is 15.9. The van der Waals surface area contributed by atoms with Crippen molar-refractivity contribution in [3.8, 4) is 0 Å². The lowest BCUT2D eigenvalue weighted by Gasteiger charge is -2.23. The molecule has 1 aromatic rings. The lowest BCUT2D eigenvalue weighted by Crippen LogP contribution is -2.46. The maximum atomic E-state index is 12.5. The van der Waals surface area contributed by atoms with E-state index in [0.29, 0.717) is 25.8 Å². The van der Waals surface area contributed by atoms with Crippen LogP contribution >= 0.6 is 0 Å². The van der Waals surface area contributed by atoms with Gasteiger partial charge in [0, 0.05) is 19.1 Å². The van der Waals surface area contributed by atoms with Gasteiger partial charge in [-0.1, -0.05) is 19.1 Å². The minimum Gasteiger partial charge on any atom is -0.351 e. The molecule has 0 spiro atoms. The van der Waals surface area contributed by atoms with Gasteiger partial charge in [0.25, 0.3) is 0 Å². The van der Waals surface area contributed by atoms with Crippen LogP contribution in [0.5, 0.6) is 0 Å². The van der Waals surface area contributed by atoms with Crippen molar-refractivity contribution < 1.29 is 21.6 Å². The summed E-state index contributed by atoms with van der Waals surface area (Å²) in [5.41, 5.74) is 0.750. The van der Waals surface area contributed by atoms with Crippen LogP contribution in [-0.4, -0.2) is 51.4 Å². The molecule has 10 heteroatoms. The molecule has 2 aliphatic rings. The van der Waals surface area contributed by atoms with Crippen LogP contribution in [0.4, 0.5) is 0 Å². The Morgan fingerprint density at radius 3 is 2.39 bits per heavy atom. The second-order valence-electron chi connectivity index (χ2n) is 7.34. The van der Waals surface area contributed by atoms with Gasteiger partial charge in [-0.15, -0.1) is 0 Å². The van der Waals surface area contributed by atoms with Gasteiger partial charge in [-0.3, -0.25) is 4.79 Å². The van der Waals surface area contributed by atoms with E-state index in [1.807, 2.05) is 0 Å². The molecule has 28 heavy (non-hydrogen) atoms. The number of sulfonamides is 2. The maximum Gasteiger partial charge on any atom is 0.240 e. The summed E-state index contributed by atoms with van der Waals surface area (Å²) in [7, 11) is -6.91. The summed E-state index contributed by atoms with van der Waals surface area (Å²) < 4.78 is 52.9. The quantitative estimate of drug-likeness (QED) is 0.607. The smallest absolute Gasteiger partial charge is 0.240 e. The van der Waals surface area contributed by atoms with E-state index < -0.39 is 26.1 Å². The van der Waals surface area contributed by atoms with Crippen LogP contribution in [-0.2, 0) is 31.4 Å². The Labute approximate surface area is 166 Å². The SMILES string of the molecule is CCCS(=O)(=O)N1CCCC1C(=O)NCc1ccc(S(=O)(=O)NC2CC2)cc1. The van der Waals surface area contributed by atoms with E-state index in [-0.39, 0.29) is 29.1 Å². The van der Waals surface area contributed by atoms with Crippen molar-refractivity contribution in [2.75, 3.05) is 12.3 Å². The van der Waals surface area contributed by atoms with Crippen LogP contribution in [0.1, 0.15) is 44.6 Å². The molecule has 0 bridgehead atoms. The molecule has 2 fully saturated rings. The minimum absolute atomic E-state index is 0.0433. The van der Waals surface area contributed by atoms with Crippen molar-refractivity contribution in [3.63, 3.8) is 0 Å². The van der Waals surface area contributed by atoms with Crippen LogP contribution in [0.25, 0.3) is 0 Å². The summed E-state index contributed by atoms with van der Waals surface area (Å²) in [6, 6.07) is 5.71. The third kappa shape index (κ3) is 5.11. The number of amides is 1. The summed E-state index contributed by atoms with van der Waals surface area (Å²) in [6.07, 6.45) is 3.43. The van der Waals surface area contributed by atoms with Crippen LogP contribution in [0.2, 0.25) is 0 Å². The van der Waals surface area contributed by atoms with Crippen LogP contribution < -0.4 is 10.0 Å². The molecule has 3 rings (SSSR count). The van der Waals surface area contributed by atoms with Gasteiger partial charge in [0.15, 0.2) is 0 Å². The average molecular weight is 430 g/mol. The van der Waals surface area contributed by atoms with Gasteiger partial charge >= 0.3 is 0 Å². The maximum absolute atomic E-state index is 12.5. The Kier molecular flexibility index (Phi) is 6.43. The molecule has 0 radical (unpaired) electrons. The summed E-state index contributed by atoms with van der Waals surface area (Å²) >= 11 is 0. The molecule has 1 aromatic carbocycles. The van der Waals surface area contributed by atoms with E-state index in [0.717, 1.165) is 18.4 Å². The van der Waals surface area contributed by atoms with Crippen LogP contribution in [0.3, 0.4) is 0 Å². The van der Waals surface area contributed by atoms with Gasteiger partial charge in [0.1, 0.15) is 6.04 Å². The fraction of sp³-hybridized carbons (Fsp3) is 0.611. The number of nitrogens with one attached hydrogen (secondary N) is 2. The van der Waals surface area contributed by atoms with Gasteiger partial charge in [0.2, 0.25) is 26.0 Å². The Balaban J connectivity index is 1.58. The van der Waals surface area contributed by atoms with Gasteiger partial charge < -0.3 is 5.32 Å². The molecule has 8 nitrogen and oxygen atoms in total. The standard InChI is InChI=1S/C18H27N3O5S2/c1-2-12-27(23,24)21-11-3-4-17(21)18(22)19-13-14-5-9-16(10-6-14)28(25,26)20-15-7-8-15/h5-6,9-10,15,17,20H,2-4,7-8,11-13H2,1H3,(H,19,22). The molecule has 1 amide bonds. The van der Waals surface area contributed by atoms with E-state index in [4.69, 9.17) is 0 Å². The number of carbonyl (C=O) groups excluding carboxylic acids is 1. The second-order valence-corrected chi connectivity index (χ2v) is 11.1. The molecule has 1 heterocycles. The Bertz CT molecular complexity index is 909. The fourth-order valence-corrected chi connectivity index (χ4v) is 6.34. The molecule has 0 aromatic heterocycles. The predicted molar refractivity (Wildman–Crippen MR) is 105 cm³/mol. The molecule has 156 valence electrons. The highest BCUT2D eigenvalue weighted by molar-refractivity contribution is 7.89. The van der Waals surface area contributed by atoms with Gasteiger partial charge in [0.05, 0.1) is 10.6 Å². The highest BCUT2D eigenvalue weighted by atomic mass is 32.2. The van der Waals surface area contributed by atoms with Crippen LogP contribution in [0, 0.1) is 0 Å². The topological polar surface area (TPSA) is 113 Å². The van der Waals surface area contributed by atoms with Crippen molar-refractivity contribution in [1.82, 2.24) is 14.3 Å². The molecule has 1 aliphatic heterocycles. The average Bonchev–Trinajstić information content (AvgIpc) is 3.29. The van der Waals surface area contributed by atoms with E-state index in [1.165, 1.54) is 16.4 Å². The summed E-state index contributed by atoms with van der Waals surface area (Å²) in [6.45, 7) is 2.39. The number of hydrogen-bond acceptors (Lipinski definition) is 5. The van der Waals surface area contributed by atoms with Crippen molar-refractivity contribution in [1.29, 1.82) is 0 Å². The lowest BCUT2D eigenvalue weighted by atomic mass is 10.2. The van der Waals surface area contributed by atoms with E-state index in [2.05, 4.69) is 10.0 Å². The zero-order valence-corrected chi connectivity index (χ0v) is 17.6. The summed E-state index contributed by atoms with van der Waals surface area (Å²) in [5.74, 6) is -0.272.